The number of hydrogen-bond donors (Lipinski definition) is 1. The summed E-state index contributed by atoms with van der Waals surface area (Å²) in [4.78, 5) is 50.2. The van der Waals surface area contributed by atoms with E-state index in [2.05, 4.69) is 5.32 Å². The molecule has 1 fully saturated rings. The number of carbonyl (C=O) groups excluding carboxylic acids is 4. The van der Waals surface area contributed by atoms with Gasteiger partial charge in [0.05, 0.1) is 23.2 Å². The SMILES string of the molecule is CC(OC(=O)c1ccc(CN2C(=O)c3ccccc3C2=O)cc1)C(=O)NC1CC1. The van der Waals surface area contributed by atoms with Gasteiger partial charge in [-0.15, -0.1) is 0 Å². The van der Waals surface area contributed by atoms with Gasteiger partial charge in [-0.1, -0.05) is 24.3 Å². The number of rotatable bonds is 6. The molecule has 1 aliphatic heterocycles. The van der Waals surface area contributed by atoms with Gasteiger partial charge < -0.3 is 10.1 Å². The van der Waals surface area contributed by atoms with Crippen LogP contribution in [0.1, 0.15) is 56.4 Å². The molecule has 3 amide bonds. The summed E-state index contributed by atoms with van der Waals surface area (Å²) in [5.74, 6) is -1.56. The summed E-state index contributed by atoms with van der Waals surface area (Å²) in [6, 6.07) is 13.3. The van der Waals surface area contributed by atoms with E-state index >= 15 is 0 Å². The van der Waals surface area contributed by atoms with E-state index in [1.54, 1.807) is 48.5 Å². The van der Waals surface area contributed by atoms with Crippen LogP contribution in [-0.4, -0.2) is 40.7 Å². The van der Waals surface area contributed by atoms with Crippen molar-refractivity contribution in [2.24, 2.45) is 0 Å². The molecule has 7 heteroatoms. The number of nitrogens with zero attached hydrogens (tertiary/aromatic N) is 1. The zero-order chi connectivity index (χ0) is 20.5. The third kappa shape index (κ3) is 3.89. The molecule has 1 unspecified atom stereocenters. The molecule has 0 aromatic heterocycles. The van der Waals surface area contributed by atoms with Gasteiger partial charge in [-0.05, 0) is 49.6 Å². The lowest BCUT2D eigenvalue weighted by Crippen LogP contribution is -2.37. The number of esters is 1. The van der Waals surface area contributed by atoms with Crippen molar-refractivity contribution in [2.45, 2.75) is 38.5 Å². The predicted molar refractivity (Wildman–Crippen MR) is 103 cm³/mol. The van der Waals surface area contributed by atoms with Crippen molar-refractivity contribution in [3.8, 4) is 0 Å². The number of nitrogens with one attached hydrogen (secondary N) is 1. The second-order valence-corrected chi connectivity index (χ2v) is 7.27. The largest absolute Gasteiger partial charge is 0.449 e. The lowest BCUT2D eigenvalue weighted by molar-refractivity contribution is -0.129. The molecule has 2 aromatic rings. The standard InChI is InChI=1S/C22H20N2O5/c1-13(19(25)23-16-10-11-16)29-22(28)15-8-6-14(7-9-15)12-24-20(26)17-4-2-3-5-18(17)21(24)27/h2-9,13,16H,10-12H2,1H3,(H,23,25). The Balaban J connectivity index is 1.38. The van der Waals surface area contributed by atoms with Crippen LogP contribution in [-0.2, 0) is 16.1 Å². The van der Waals surface area contributed by atoms with E-state index in [9.17, 15) is 19.2 Å². The van der Waals surface area contributed by atoms with Crippen molar-refractivity contribution in [1.29, 1.82) is 0 Å². The van der Waals surface area contributed by atoms with Crippen LogP contribution < -0.4 is 5.32 Å². The highest BCUT2D eigenvalue weighted by molar-refractivity contribution is 6.21. The number of fused-ring (bicyclic) bond motifs is 1. The average Bonchev–Trinajstić information content (AvgIpc) is 3.51. The van der Waals surface area contributed by atoms with E-state index in [0.717, 1.165) is 12.8 Å². The van der Waals surface area contributed by atoms with Gasteiger partial charge in [0.1, 0.15) is 0 Å². The smallest absolute Gasteiger partial charge is 0.338 e. The fourth-order valence-corrected chi connectivity index (χ4v) is 3.14. The summed E-state index contributed by atoms with van der Waals surface area (Å²) in [5.41, 5.74) is 1.80. The van der Waals surface area contributed by atoms with Crippen LogP contribution in [0.25, 0.3) is 0 Å². The summed E-state index contributed by atoms with van der Waals surface area (Å²) >= 11 is 0. The van der Waals surface area contributed by atoms with Gasteiger partial charge in [-0.3, -0.25) is 19.3 Å². The minimum absolute atomic E-state index is 0.113. The molecular weight excluding hydrogens is 372 g/mol. The monoisotopic (exact) mass is 392 g/mol. The molecule has 4 rings (SSSR count). The highest BCUT2D eigenvalue weighted by Crippen LogP contribution is 2.24. The number of imide groups is 1. The molecule has 1 atom stereocenters. The van der Waals surface area contributed by atoms with Gasteiger partial charge >= 0.3 is 5.97 Å². The summed E-state index contributed by atoms with van der Waals surface area (Å²) in [6.07, 6.45) is 1.04. The van der Waals surface area contributed by atoms with E-state index in [4.69, 9.17) is 4.74 Å². The predicted octanol–water partition coefficient (Wildman–Crippen LogP) is 2.31. The maximum absolute atomic E-state index is 12.4. The molecule has 29 heavy (non-hydrogen) atoms. The van der Waals surface area contributed by atoms with Crippen LogP contribution in [0.5, 0.6) is 0 Å². The van der Waals surface area contributed by atoms with Gasteiger partial charge in [0.25, 0.3) is 17.7 Å². The zero-order valence-corrected chi connectivity index (χ0v) is 15.9. The van der Waals surface area contributed by atoms with Crippen molar-refractivity contribution in [2.75, 3.05) is 0 Å². The first-order chi connectivity index (χ1) is 13.9. The second kappa shape index (κ2) is 7.50. The molecular formula is C22H20N2O5. The lowest BCUT2D eigenvalue weighted by Gasteiger charge is -2.15. The molecule has 0 saturated heterocycles. The lowest BCUT2D eigenvalue weighted by atomic mass is 10.1. The molecule has 2 aliphatic rings. The van der Waals surface area contributed by atoms with Gasteiger partial charge in [-0.25, -0.2) is 4.79 Å². The minimum Gasteiger partial charge on any atom is -0.449 e. The van der Waals surface area contributed by atoms with E-state index in [1.165, 1.54) is 11.8 Å². The molecule has 1 heterocycles. The molecule has 7 nitrogen and oxygen atoms in total. The van der Waals surface area contributed by atoms with Crippen molar-refractivity contribution in [3.63, 3.8) is 0 Å². The summed E-state index contributed by atoms with van der Waals surface area (Å²) < 4.78 is 5.21. The Morgan fingerprint density at radius 3 is 2.17 bits per heavy atom. The number of hydrogen-bond acceptors (Lipinski definition) is 5. The quantitative estimate of drug-likeness (QED) is 0.602. The topological polar surface area (TPSA) is 92.8 Å². The summed E-state index contributed by atoms with van der Waals surface area (Å²) in [5, 5.41) is 2.79. The Kier molecular flexibility index (Phi) is 4.88. The van der Waals surface area contributed by atoms with Crippen molar-refractivity contribution >= 4 is 23.7 Å². The molecule has 1 N–H and O–H groups in total. The average molecular weight is 392 g/mol. The summed E-state index contributed by atoms with van der Waals surface area (Å²) in [6.45, 7) is 1.65. The first kappa shape index (κ1) is 18.9. The van der Waals surface area contributed by atoms with Crippen molar-refractivity contribution < 1.29 is 23.9 Å². The Morgan fingerprint density at radius 1 is 1.03 bits per heavy atom. The van der Waals surface area contributed by atoms with E-state index in [0.29, 0.717) is 22.3 Å². The highest BCUT2D eigenvalue weighted by atomic mass is 16.5. The molecule has 148 valence electrons. The number of amides is 3. The fraction of sp³-hybridized carbons (Fsp3) is 0.273. The molecule has 0 radical (unpaired) electrons. The van der Waals surface area contributed by atoms with Crippen LogP contribution in [0.4, 0.5) is 0 Å². The maximum atomic E-state index is 12.4. The first-order valence-corrected chi connectivity index (χ1v) is 9.49. The van der Waals surface area contributed by atoms with E-state index in [-0.39, 0.29) is 30.3 Å². The number of carbonyl (C=O) groups is 4. The maximum Gasteiger partial charge on any atom is 0.338 e. The van der Waals surface area contributed by atoms with Gasteiger partial charge in [0.2, 0.25) is 0 Å². The van der Waals surface area contributed by atoms with E-state index < -0.39 is 12.1 Å². The summed E-state index contributed by atoms with van der Waals surface area (Å²) in [7, 11) is 0. The van der Waals surface area contributed by atoms with Gasteiger partial charge in [0, 0.05) is 6.04 Å². The zero-order valence-electron chi connectivity index (χ0n) is 15.9. The molecule has 1 aliphatic carbocycles. The van der Waals surface area contributed by atoms with Crippen LogP contribution in [0.15, 0.2) is 48.5 Å². The Labute approximate surface area is 167 Å². The molecule has 1 saturated carbocycles. The van der Waals surface area contributed by atoms with Crippen molar-refractivity contribution in [3.05, 3.63) is 70.8 Å². The molecule has 2 aromatic carbocycles. The Hall–Kier alpha value is -3.48. The molecule has 0 spiro atoms. The van der Waals surface area contributed by atoms with Crippen LogP contribution >= 0.6 is 0 Å². The third-order valence-electron chi connectivity index (χ3n) is 4.99. The Bertz CT molecular complexity index is 960. The first-order valence-electron chi connectivity index (χ1n) is 9.49. The van der Waals surface area contributed by atoms with Gasteiger partial charge in [0.15, 0.2) is 6.10 Å². The Morgan fingerprint density at radius 2 is 1.62 bits per heavy atom. The number of ether oxygens (including phenoxy) is 1. The number of benzene rings is 2. The minimum atomic E-state index is -0.874. The van der Waals surface area contributed by atoms with Crippen LogP contribution in [0, 0.1) is 0 Å². The van der Waals surface area contributed by atoms with Crippen LogP contribution in [0.3, 0.4) is 0 Å². The normalized spacial score (nSPS) is 16.4. The van der Waals surface area contributed by atoms with Crippen molar-refractivity contribution in [1.82, 2.24) is 10.2 Å². The second-order valence-electron chi connectivity index (χ2n) is 7.27. The van der Waals surface area contributed by atoms with Crippen LogP contribution in [0.2, 0.25) is 0 Å². The van der Waals surface area contributed by atoms with Gasteiger partial charge in [-0.2, -0.15) is 0 Å². The fourth-order valence-electron chi connectivity index (χ4n) is 3.14. The molecule has 0 bridgehead atoms. The third-order valence-corrected chi connectivity index (χ3v) is 4.99. The highest BCUT2D eigenvalue weighted by Gasteiger charge is 2.35. The van der Waals surface area contributed by atoms with E-state index in [1.807, 2.05) is 0 Å².